The SMILES string of the molecule is Cc1ccc(NC(=O)CNc2cc(F)ccc2F)c(Br)c1. The molecule has 1 amide bonds. The van der Waals surface area contributed by atoms with E-state index in [9.17, 15) is 13.6 Å². The van der Waals surface area contributed by atoms with Gasteiger partial charge in [-0.3, -0.25) is 4.79 Å². The van der Waals surface area contributed by atoms with E-state index in [4.69, 9.17) is 0 Å². The average Bonchev–Trinajstić information content (AvgIpc) is 2.43. The van der Waals surface area contributed by atoms with Crippen molar-refractivity contribution in [2.24, 2.45) is 0 Å². The maximum atomic E-state index is 13.4. The second kappa shape index (κ2) is 6.67. The number of amides is 1. The van der Waals surface area contributed by atoms with E-state index in [2.05, 4.69) is 26.6 Å². The molecule has 0 atom stereocenters. The Morgan fingerprint density at radius 3 is 2.62 bits per heavy atom. The lowest BCUT2D eigenvalue weighted by Crippen LogP contribution is -2.22. The van der Waals surface area contributed by atoms with Crippen LogP contribution in [0.1, 0.15) is 5.56 Å². The molecule has 2 aromatic carbocycles. The van der Waals surface area contributed by atoms with E-state index < -0.39 is 11.6 Å². The van der Waals surface area contributed by atoms with Crippen LogP contribution in [0, 0.1) is 18.6 Å². The molecule has 2 rings (SSSR count). The monoisotopic (exact) mass is 354 g/mol. The zero-order valence-corrected chi connectivity index (χ0v) is 12.8. The zero-order valence-electron chi connectivity index (χ0n) is 11.2. The van der Waals surface area contributed by atoms with Crippen LogP contribution in [0.25, 0.3) is 0 Å². The van der Waals surface area contributed by atoms with Gasteiger partial charge in [-0.2, -0.15) is 0 Å². The van der Waals surface area contributed by atoms with Crippen LogP contribution in [0.15, 0.2) is 40.9 Å². The highest BCUT2D eigenvalue weighted by Crippen LogP contribution is 2.23. The number of carbonyl (C=O) groups is 1. The van der Waals surface area contributed by atoms with Crippen LogP contribution < -0.4 is 10.6 Å². The van der Waals surface area contributed by atoms with E-state index in [1.807, 2.05) is 19.1 Å². The summed E-state index contributed by atoms with van der Waals surface area (Å²) in [6.07, 6.45) is 0. The molecule has 0 aliphatic rings. The number of anilines is 2. The fourth-order valence-electron chi connectivity index (χ4n) is 1.72. The highest BCUT2D eigenvalue weighted by atomic mass is 79.9. The molecule has 0 radical (unpaired) electrons. The van der Waals surface area contributed by atoms with E-state index in [0.29, 0.717) is 5.69 Å². The lowest BCUT2D eigenvalue weighted by Gasteiger charge is -2.10. The molecular formula is C15H13BrF2N2O. The number of benzene rings is 2. The van der Waals surface area contributed by atoms with Gasteiger partial charge in [-0.15, -0.1) is 0 Å². The summed E-state index contributed by atoms with van der Waals surface area (Å²) in [5.41, 5.74) is 1.63. The van der Waals surface area contributed by atoms with Crippen LogP contribution in [-0.2, 0) is 4.79 Å². The Bertz CT molecular complexity index is 677. The van der Waals surface area contributed by atoms with Crippen LogP contribution >= 0.6 is 15.9 Å². The van der Waals surface area contributed by atoms with Crippen LogP contribution in [0.3, 0.4) is 0 Å². The van der Waals surface area contributed by atoms with E-state index in [1.54, 1.807) is 6.07 Å². The fraction of sp³-hybridized carbons (Fsp3) is 0.133. The van der Waals surface area contributed by atoms with Gasteiger partial charge in [0.2, 0.25) is 5.91 Å². The van der Waals surface area contributed by atoms with Crippen molar-refractivity contribution in [1.82, 2.24) is 0 Å². The smallest absolute Gasteiger partial charge is 0.243 e. The molecule has 0 spiro atoms. The Balaban J connectivity index is 1.97. The topological polar surface area (TPSA) is 41.1 Å². The molecule has 0 aliphatic heterocycles. The minimum absolute atomic E-state index is 0.0480. The lowest BCUT2D eigenvalue weighted by atomic mass is 10.2. The first-order valence-electron chi connectivity index (χ1n) is 6.20. The van der Waals surface area contributed by atoms with Gasteiger partial charge in [0.15, 0.2) is 0 Å². The number of hydrogen-bond donors (Lipinski definition) is 2. The van der Waals surface area contributed by atoms with Crippen molar-refractivity contribution in [3.05, 3.63) is 58.1 Å². The first-order chi connectivity index (χ1) is 9.95. The maximum absolute atomic E-state index is 13.4. The van der Waals surface area contributed by atoms with Crippen molar-refractivity contribution in [3.8, 4) is 0 Å². The van der Waals surface area contributed by atoms with E-state index in [1.165, 1.54) is 0 Å². The molecule has 0 saturated heterocycles. The van der Waals surface area contributed by atoms with Gasteiger partial charge < -0.3 is 10.6 Å². The molecule has 0 fully saturated rings. The normalized spacial score (nSPS) is 10.3. The predicted molar refractivity (Wildman–Crippen MR) is 82.4 cm³/mol. The molecule has 0 aliphatic carbocycles. The summed E-state index contributed by atoms with van der Waals surface area (Å²) in [4.78, 5) is 11.8. The van der Waals surface area contributed by atoms with Gasteiger partial charge >= 0.3 is 0 Å². The van der Waals surface area contributed by atoms with Gasteiger partial charge in [0.1, 0.15) is 11.6 Å². The van der Waals surface area contributed by atoms with Crippen LogP contribution in [-0.4, -0.2) is 12.5 Å². The van der Waals surface area contributed by atoms with Crippen molar-refractivity contribution >= 4 is 33.2 Å². The largest absolute Gasteiger partial charge is 0.374 e. The van der Waals surface area contributed by atoms with Gasteiger partial charge in [0, 0.05) is 4.47 Å². The summed E-state index contributed by atoms with van der Waals surface area (Å²) in [5, 5.41) is 5.24. The summed E-state index contributed by atoms with van der Waals surface area (Å²) in [7, 11) is 0. The number of carbonyl (C=O) groups excluding carboxylic acids is 1. The van der Waals surface area contributed by atoms with Gasteiger partial charge in [-0.25, -0.2) is 8.78 Å². The van der Waals surface area contributed by atoms with E-state index in [-0.39, 0.29) is 18.1 Å². The van der Waals surface area contributed by atoms with Crippen LogP contribution in [0.5, 0.6) is 0 Å². The minimum Gasteiger partial charge on any atom is -0.374 e. The van der Waals surface area contributed by atoms with Gasteiger partial charge in [-0.1, -0.05) is 6.07 Å². The number of halogens is 3. The van der Waals surface area contributed by atoms with E-state index in [0.717, 1.165) is 28.2 Å². The van der Waals surface area contributed by atoms with Gasteiger partial charge in [0.05, 0.1) is 17.9 Å². The third-order valence-electron chi connectivity index (χ3n) is 2.77. The predicted octanol–water partition coefficient (Wildman–Crippen LogP) is 4.09. The summed E-state index contributed by atoms with van der Waals surface area (Å²) in [5.74, 6) is -1.54. The molecule has 0 bridgehead atoms. The number of aryl methyl sites for hydroxylation is 1. The highest BCUT2D eigenvalue weighted by Gasteiger charge is 2.08. The highest BCUT2D eigenvalue weighted by molar-refractivity contribution is 9.10. The Hall–Kier alpha value is -1.95. The van der Waals surface area contributed by atoms with Crippen molar-refractivity contribution in [1.29, 1.82) is 0 Å². The molecule has 0 unspecified atom stereocenters. The summed E-state index contributed by atoms with van der Waals surface area (Å²) in [6, 6.07) is 8.52. The van der Waals surface area contributed by atoms with Crippen molar-refractivity contribution in [2.45, 2.75) is 6.92 Å². The standard InChI is InChI=1S/C15H13BrF2N2O/c1-9-2-5-13(11(16)6-9)20-15(21)8-19-14-7-10(17)3-4-12(14)18/h2-7,19H,8H2,1H3,(H,20,21). The summed E-state index contributed by atoms with van der Waals surface area (Å²) < 4.78 is 27.1. The third kappa shape index (κ3) is 4.26. The second-order valence-electron chi connectivity index (χ2n) is 4.51. The Morgan fingerprint density at radius 2 is 1.90 bits per heavy atom. The zero-order chi connectivity index (χ0) is 15.4. The Morgan fingerprint density at radius 1 is 1.14 bits per heavy atom. The number of rotatable bonds is 4. The average molecular weight is 355 g/mol. The van der Waals surface area contributed by atoms with Crippen molar-refractivity contribution in [2.75, 3.05) is 17.2 Å². The fourth-order valence-corrected chi connectivity index (χ4v) is 2.32. The Kier molecular flexibility index (Phi) is 4.90. The van der Waals surface area contributed by atoms with Gasteiger partial charge in [0.25, 0.3) is 0 Å². The maximum Gasteiger partial charge on any atom is 0.243 e. The molecule has 2 aromatic rings. The molecule has 21 heavy (non-hydrogen) atoms. The quantitative estimate of drug-likeness (QED) is 0.868. The van der Waals surface area contributed by atoms with Gasteiger partial charge in [-0.05, 0) is 58.7 Å². The lowest BCUT2D eigenvalue weighted by molar-refractivity contribution is -0.114. The molecule has 110 valence electrons. The molecular weight excluding hydrogens is 342 g/mol. The number of nitrogens with one attached hydrogen (secondary N) is 2. The molecule has 2 N–H and O–H groups in total. The first-order valence-corrected chi connectivity index (χ1v) is 7.00. The number of hydrogen-bond acceptors (Lipinski definition) is 2. The molecule has 6 heteroatoms. The van der Waals surface area contributed by atoms with Crippen molar-refractivity contribution < 1.29 is 13.6 Å². The summed E-state index contributed by atoms with van der Waals surface area (Å²) >= 11 is 3.35. The van der Waals surface area contributed by atoms with Crippen LogP contribution in [0.4, 0.5) is 20.2 Å². The minimum atomic E-state index is -0.610. The molecule has 3 nitrogen and oxygen atoms in total. The Labute approximate surface area is 129 Å². The van der Waals surface area contributed by atoms with Crippen LogP contribution in [0.2, 0.25) is 0 Å². The molecule has 0 saturated carbocycles. The van der Waals surface area contributed by atoms with E-state index >= 15 is 0 Å². The molecule has 0 heterocycles. The molecule has 0 aromatic heterocycles. The summed E-state index contributed by atoms with van der Waals surface area (Å²) in [6.45, 7) is 1.77. The first kappa shape index (κ1) is 15.4. The second-order valence-corrected chi connectivity index (χ2v) is 5.36. The third-order valence-corrected chi connectivity index (χ3v) is 3.42. The van der Waals surface area contributed by atoms with Crippen molar-refractivity contribution in [3.63, 3.8) is 0 Å².